The van der Waals surface area contributed by atoms with E-state index < -0.39 is 0 Å². The number of hydrogen-bond donors (Lipinski definition) is 2. The van der Waals surface area contributed by atoms with E-state index in [1.807, 2.05) is 36.4 Å². The number of hydrogen-bond acceptors (Lipinski definition) is 5. The van der Waals surface area contributed by atoms with Crippen LogP contribution >= 0.6 is 23.4 Å². The summed E-state index contributed by atoms with van der Waals surface area (Å²) in [5.41, 5.74) is 5.92. The molecular weight excluding hydrogens is 354 g/mol. The first kappa shape index (κ1) is 16.2. The van der Waals surface area contributed by atoms with Crippen molar-refractivity contribution in [2.45, 2.75) is 0 Å². The SMILES string of the molecule is CSCCN1C=c2ccccc2=C2NN(c3ccc(Cl)cc3)C(O)=C21. The number of nitrogens with zero attached hydrogens (tertiary/aromatic N) is 2. The minimum Gasteiger partial charge on any atom is -0.492 e. The Balaban J connectivity index is 1.85. The Bertz CT molecular complexity index is 955. The second-order valence-corrected chi connectivity index (χ2v) is 7.30. The summed E-state index contributed by atoms with van der Waals surface area (Å²) < 4.78 is 0. The zero-order valence-electron chi connectivity index (χ0n) is 13.7. The van der Waals surface area contributed by atoms with E-state index in [9.17, 15) is 5.11 Å². The standard InChI is InChI=1S/C19H18ClN3OS/c1-25-11-10-22-12-13-4-2-3-5-16(13)17-18(22)19(24)23(21-17)15-8-6-14(20)7-9-15/h2-9,12,21,24H,10-11H2,1H3. The number of nitrogens with one attached hydrogen (secondary N) is 1. The summed E-state index contributed by atoms with van der Waals surface area (Å²) in [6, 6.07) is 15.6. The Labute approximate surface area is 155 Å². The summed E-state index contributed by atoms with van der Waals surface area (Å²) in [6.07, 6.45) is 4.19. The molecule has 0 unspecified atom stereocenters. The van der Waals surface area contributed by atoms with Crippen LogP contribution in [0.25, 0.3) is 11.9 Å². The summed E-state index contributed by atoms with van der Waals surface area (Å²) in [7, 11) is 0. The van der Waals surface area contributed by atoms with Crippen LogP contribution in [0.2, 0.25) is 5.02 Å². The molecule has 2 aliphatic heterocycles. The third kappa shape index (κ3) is 2.83. The molecule has 0 atom stereocenters. The van der Waals surface area contributed by atoms with Crippen LogP contribution in [0.5, 0.6) is 0 Å². The van der Waals surface area contributed by atoms with Gasteiger partial charge in [0, 0.05) is 34.0 Å². The molecule has 0 amide bonds. The van der Waals surface area contributed by atoms with Crippen molar-refractivity contribution in [2.24, 2.45) is 0 Å². The Morgan fingerprint density at radius 1 is 1.12 bits per heavy atom. The van der Waals surface area contributed by atoms with Crippen molar-refractivity contribution in [3.63, 3.8) is 0 Å². The van der Waals surface area contributed by atoms with Gasteiger partial charge in [0.2, 0.25) is 5.88 Å². The van der Waals surface area contributed by atoms with E-state index in [-0.39, 0.29) is 5.88 Å². The predicted octanol–water partition coefficient (Wildman–Crippen LogP) is 2.62. The summed E-state index contributed by atoms with van der Waals surface area (Å²) in [5, 5.41) is 15.5. The zero-order chi connectivity index (χ0) is 17.4. The van der Waals surface area contributed by atoms with E-state index >= 15 is 0 Å². The van der Waals surface area contributed by atoms with Gasteiger partial charge in [0.1, 0.15) is 5.70 Å². The molecule has 0 aromatic heterocycles. The highest BCUT2D eigenvalue weighted by molar-refractivity contribution is 7.98. The molecule has 0 spiro atoms. The molecule has 0 radical (unpaired) electrons. The number of fused-ring (bicyclic) bond motifs is 2. The highest BCUT2D eigenvalue weighted by Crippen LogP contribution is 2.31. The van der Waals surface area contributed by atoms with Crippen LogP contribution in [0, 0.1) is 0 Å². The van der Waals surface area contributed by atoms with Crippen molar-refractivity contribution in [1.82, 2.24) is 10.3 Å². The number of hydrazine groups is 1. The lowest BCUT2D eigenvalue weighted by molar-refractivity contribution is 0.371. The van der Waals surface area contributed by atoms with Crippen molar-refractivity contribution in [1.29, 1.82) is 0 Å². The number of rotatable bonds is 4. The Kier molecular flexibility index (Phi) is 4.27. The Hall–Kier alpha value is -2.24. The smallest absolute Gasteiger partial charge is 0.237 e. The number of thioether (sulfide) groups is 1. The molecule has 0 saturated carbocycles. The summed E-state index contributed by atoms with van der Waals surface area (Å²) in [5.74, 6) is 1.17. The van der Waals surface area contributed by atoms with Gasteiger partial charge in [-0.05, 0) is 30.5 Å². The molecule has 4 rings (SSSR count). The van der Waals surface area contributed by atoms with Crippen LogP contribution in [0.3, 0.4) is 0 Å². The lowest BCUT2D eigenvalue weighted by atomic mass is 10.1. The molecule has 2 aromatic rings. The molecule has 0 aliphatic carbocycles. The topological polar surface area (TPSA) is 38.7 Å². The van der Waals surface area contributed by atoms with Gasteiger partial charge in [-0.15, -0.1) is 0 Å². The first-order valence-corrected chi connectivity index (χ1v) is 9.79. The maximum Gasteiger partial charge on any atom is 0.237 e. The molecule has 2 aliphatic rings. The van der Waals surface area contributed by atoms with Gasteiger partial charge in [0.25, 0.3) is 0 Å². The predicted molar refractivity (Wildman–Crippen MR) is 105 cm³/mol. The quantitative estimate of drug-likeness (QED) is 0.864. The lowest BCUT2D eigenvalue weighted by Crippen LogP contribution is -2.41. The van der Waals surface area contributed by atoms with Crippen LogP contribution in [-0.4, -0.2) is 28.6 Å². The average molecular weight is 372 g/mol. The van der Waals surface area contributed by atoms with Crippen LogP contribution in [0.1, 0.15) is 0 Å². The van der Waals surface area contributed by atoms with Gasteiger partial charge in [0.05, 0.1) is 11.4 Å². The highest BCUT2D eigenvalue weighted by Gasteiger charge is 2.33. The van der Waals surface area contributed by atoms with Crippen LogP contribution in [-0.2, 0) is 0 Å². The first-order chi connectivity index (χ1) is 12.2. The molecular formula is C19H18ClN3OS. The van der Waals surface area contributed by atoms with Gasteiger partial charge in [-0.25, -0.2) is 5.01 Å². The van der Waals surface area contributed by atoms with E-state index in [4.69, 9.17) is 11.6 Å². The molecule has 6 heteroatoms. The Morgan fingerprint density at radius 2 is 1.88 bits per heavy atom. The van der Waals surface area contributed by atoms with Gasteiger partial charge in [-0.3, -0.25) is 5.43 Å². The van der Waals surface area contributed by atoms with Crippen molar-refractivity contribution in [3.05, 3.63) is 75.6 Å². The third-order valence-electron chi connectivity index (χ3n) is 4.32. The minimum atomic E-state index is 0.198. The van der Waals surface area contributed by atoms with Crippen molar-refractivity contribution in [2.75, 3.05) is 23.6 Å². The van der Waals surface area contributed by atoms with Crippen LogP contribution < -0.4 is 20.9 Å². The fourth-order valence-electron chi connectivity index (χ4n) is 3.11. The van der Waals surface area contributed by atoms with Gasteiger partial charge >= 0.3 is 0 Å². The zero-order valence-corrected chi connectivity index (χ0v) is 15.3. The first-order valence-electron chi connectivity index (χ1n) is 8.02. The molecule has 0 fully saturated rings. The van der Waals surface area contributed by atoms with Crippen molar-refractivity contribution >= 4 is 40.9 Å². The van der Waals surface area contributed by atoms with Crippen LogP contribution in [0.15, 0.2) is 60.1 Å². The average Bonchev–Trinajstić information content (AvgIpc) is 2.98. The summed E-state index contributed by atoms with van der Waals surface area (Å²) in [6.45, 7) is 0.828. The number of halogens is 1. The molecule has 25 heavy (non-hydrogen) atoms. The normalized spacial score (nSPS) is 15.7. The van der Waals surface area contributed by atoms with E-state index in [0.717, 1.165) is 39.8 Å². The maximum absolute atomic E-state index is 10.9. The monoisotopic (exact) mass is 371 g/mol. The van der Waals surface area contributed by atoms with Gasteiger partial charge in [-0.1, -0.05) is 35.9 Å². The molecule has 0 saturated heterocycles. The van der Waals surface area contributed by atoms with E-state index in [0.29, 0.717) is 5.02 Å². The maximum atomic E-state index is 10.9. The molecule has 2 N–H and O–H groups in total. The van der Waals surface area contributed by atoms with E-state index in [1.54, 1.807) is 16.8 Å². The summed E-state index contributed by atoms with van der Waals surface area (Å²) in [4.78, 5) is 2.12. The fraction of sp³-hybridized carbons (Fsp3) is 0.158. The fourth-order valence-corrected chi connectivity index (χ4v) is 3.61. The Morgan fingerprint density at radius 3 is 2.64 bits per heavy atom. The second-order valence-electron chi connectivity index (χ2n) is 5.87. The minimum absolute atomic E-state index is 0.198. The highest BCUT2D eigenvalue weighted by atomic mass is 35.5. The van der Waals surface area contributed by atoms with Crippen LogP contribution in [0.4, 0.5) is 5.69 Å². The van der Waals surface area contributed by atoms with Gasteiger partial charge < -0.3 is 10.0 Å². The van der Waals surface area contributed by atoms with Crippen molar-refractivity contribution in [3.8, 4) is 0 Å². The second kappa shape index (κ2) is 6.58. The third-order valence-corrected chi connectivity index (χ3v) is 5.16. The number of aliphatic hydroxyl groups excluding tert-OH is 1. The van der Waals surface area contributed by atoms with E-state index in [1.165, 1.54) is 0 Å². The lowest BCUT2D eigenvalue weighted by Gasteiger charge is -2.24. The number of benzene rings is 2. The van der Waals surface area contributed by atoms with Gasteiger partial charge in [0.15, 0.2) is 0 Å². The molecule has 4 nitrogen and oxygen atoms in total. The summed E-state index contributed by atoms with van der Waals surface area (Å²) >= 11 is 7.78. The van der Waals surface area contributed by atoms with Gasteiger partial charge in [-0.2, -0.15) is 11.8 Å². The van der Waals surface area contributed by atoms with E-state index in [2.05, 4.69) is 34.9 Å². The largest absolute Gasteiger partial charge is 0.492 e. The molecule has 2 aromatic carbocycles. The molecule has 2 heterocycles. The van der Waals surface area contributed by atoms with Crippen molar-refractivity contribution < 1.29 is 5.11 Å². The molecule has 0 bridgehead atoms. The molecule has 128 valence electrons. The number of aliphatic hydroxyl groups is 1. The number of anilines is 1.